The van der Waals surface area contributed by atoms with Crippen molar-refractivity contribution in [3.8, 4) is 0 Å². The molecule has 0 spiro atoms. The van der Waals surface area contributed by atoms with E-state index in [9.17, 15) is 9.59 Å². The molecule has 1 aliphatic heterocycles. The predicted molar refractivity (Wildman–Crippen MR) is 90.4 cm³/mol. The highest BCUT2D eigenvalue weighted by molar-refractivity contribution is 5.76. The summed E-state index contributed by atoms with van der Waals surface area (Å²) < 4.78 is 0. The average Bonchev–Trinajstić information content (AvgIpc) is 2.53. The minimum absolute atomic E-state index is 0.187. The van der Waals surface area contributed by atoms with E-state index in [0.717, 1.165) is 19.3 Å². The Kier molecular flexibility index (Phi) is 6.20. The van der Waals surface area contributed by atoms with Crippen molar-refractivity contribution in [2.24, 2.45) is 5.92 Å². The normalized spacial score (nSPS) is 15.9. The number of likely N-dealkylation sites (tertiary alicyclic amines) is 1. The smallest absolute Gasteiger partial charge is 0.303 e. The topological polar surface area (TPSA) is 57.6 Å². The Morgan fingerprint density at radius 2 is 1.78 bits per heavy atom. The van der Waals surface area contributed by atoms with Crippen LogP contribution in [0.15, 0.2) is 24.3 Å². The molecule has 1 amide bonds. The molecular weight excluding hydrogens is 290 g/mol. The molecule has 1 aliphatic rings. The molecule has 1 saturated heterocycles. The van der Waals surface area contributed by atoms with Crippen LogP contribution in [0.4, 0.5) is 0 Å². The Hall–Kier alpha value is -1.84. The van der Waals surface area contributed by atoms with Gasteiger partial charge in [-0.05, 0) is 42.2 Å². The lowest BCUT2D eigenvalue weighted by Gasteiger charge is -2.31. The van der Waals surface area contributed by atoms with Gasteiger partial charge in [-0.25, -0.2) is 0 Å². The number of carbonyl (C=O) groups is 2. The number of hydrogen-bond donors (Lipinski definition) is 1. The SMILES string of the molecule is CC(C)c1ccc(CCC(=O)N2CCC(CC(=O)O)CC2)cc1. The molecule has 0 unspecified atom stereocenters. The van der Waals surface area contributed by atoms with Crippen LogP contribution in [0, 0.1) is 5.92 Å². The summed E-state index contributed by atoms with van der Waals surface area (Å²) in [5.74, 6) is 0.198. The Morgan fingerprint density at radius 3 is 2.30 bits per heavy atom. The van der Waals surface area contributed by atoms with E-state index in [-0.39, 0.29) is 18.2 Å². The molecule has 1 heterocycles. The largest absolute Gasteiger partial charge is 0.481 e. The number of carboxylic acid groups (broad SMARTS) is 1. The van der Waals surface area contributed by atoms with Crippen molar-refractivity contribution in [1.29, 1.82) is 0 Å². The van der Waals surface area contributed by atoms with E-state index in [1.807, 2.05) is 4.90 Å². The number of carboxylic acids is 1. The standard InChI is InChI=1S/C19H27NO3/c1-14(2)17-6-3-15(4-7-17)5-8-18(21)20-11-9-16(10-12-20)13-19(22)23/h3-4,6-7,14,16H,5,8-13H2,1-2H3,(H,22,23). The highest BCUT2D eigenvalue weighted by Crippen LogP contribution is 2.21. The molecule has 0 aliphatic carbocycles. The van der Waals surface area contributed by atoms with Gasteiger partial charge in [0.15, 0.2) is 0 Å². The lowest BCUT2D eigenvalue weighted by atomic mass is 9.93. The number of aliphatic carboxylic acids is 1. The zero-order chi connectivity index (χ0) is 16.8. The minimum atomic E-state index is -0.736. The van der Waals surface area contributed by atoms with Gasteiger partial charge in [0, 0.05) is 25.9 Å². The van der Waals surface area contributed by atoms with E-state index in [1.165, 1.54) is 11.1 Å². The number of nitrogens with zero attached hydrogens (tertiary/aromatic N) is 1. The fourth-order valence-corrected chi connectivity index (χ4v) is 3.11. The van der Waals surface area contributed by atoms with E-state index < -0.39 is 5.97 Å². The Bertz CT molecular complexity index is 528. The van der Waals surface area contributed by atoms with Gasteiger partial charge >= 0.3 is 5.97 Å². The maximum Gasteiger partial charge on any atom is 0.303 e. The summed E-state index contributed by atoms with van der Waals surface area (Å²) in [6.07, 6.45) is 3.14. The van der Waals surface area contributed by atoms with Crippen LogP contribution in [0.3, 0.4) is 0 Å². The lowest BCUT2D eigenvalue weighted by Crippen LogP contribution is -2.39. The second-order valence-electron chi connectivity index (χ2n) is 6.82. The van der Waals surface area contributed by atoms with E-state index >= 15 is 0 Å². The van der Waals surface area contributed by atoms with Crippen LogP contribution in [0.2, 0.25) is 0 Å². The summed E-state index contributed by atoms with van der Waals surface area (Å²) in [5.41, 5.74) is 2.52. The number of piperidine rings is 1. The van der Waals surface area contributed by atoms with Crippen LogP contribution >= 0.6 is 0 Å². The van der Waals surface area contributed by atoms with E-state index in [1.54, 1.807) is 0 Å². The molecule has 0 saturated carbocycles. The molecule has 1 aromatic carbocycles. The maximum atomic E-state index is 12.3. The van der Waals surface area contributed by atoms with Gasteiger partial charge in [-0.1, -0.05) is 38.1 Å². The first-order valence-electron chi connectivity index (χ1n) is 8.54. The zero-order valence-corrected chi connectivity index (χ0v) is 14.1. The number of rotatable bonds is 6. The summed E-state index contributed by atoms with van der Waals surface area (Å²) >= 11 is 0. The Balaban J connectivity index is 1.76. The molecule has 126 valence electrons. The Morgan fingerprint density at radius 1 is 1.17 bits per heavy atom. The Labute approximate surface area is 138 Å². The van der Waals surface area contributed by atoms with Crippen LogP contribution in [-0.2, 0) is 16.0 Å². The molecule has 0 bridgehead atoms. The number of benzene rings is 1. The second kappa shape index (κ2) is 8.14. The van der Waals surface area contributed by atoms with E-state index in [0.29, 0.717) is 25.4 Å². The van der Waals surface area contributed by atoms with Gasteiger partial charge < -0.3 is 10.0 Å². The van der Waals surface area contributed by atoms with Crippen LogP contribution in [-0.4, -0.2) is 35.0 Å². The van der Waals surface area contributed by atoms with Gasteiger partial charge in [-0.3, -0.25) is 9.59 Å². The summed E-state index contributed by atoms with van der Waals surface area (Å²) in [7, 11) is 0. The monoisotopic (exact) mass is 317 g/mol. The summed E-state index contributed by atoms with van der Waals surface area (Å²) in [6, 6.07) is 8.51. The fraction of sp³-hybridized carbons (Fsp3) is 0.579. The molecule has 1 aromatic rings. The molecule has 0 radical (unpaired) electrons. The zero-order valence-electron chi connectivity index (χ0n) is 14.1. The van der Waals surface area contributed by atoms with Gasteiger partial charge in [0.1, 0.15) is 0 Å². The maximum absolute atomic E-state index is 12.3. The molecule has 4 nitrogen and oxygen atoms in total. The average molecular weight is 317 g/mol. The van der Waals surface area contributed by atoms with Gasteiger partial charge in [-0.15, -0.1) is 0 Å². The molecule has 0 atom stereocenters. The summed E-state index contributed by atoms with van der Waals surface area (Å²) in [6.45, 7) is 5.74. The number of carbonyl (C=O) groups excluding carboxylic acids is 1. The third-order valence-corrected chi connectivity index (χ3v) is 4.70. The van der Waals surface area contributed by atoms with Crippen molar-refractivity contribution in [1.82, 2.24) is 4.90 Å². The molecule has 1 N–H and O–H groups in total. The van der Waals surface area contributed by atoms with Crippen molar-refractivity contribution < 1.29 is 14.7 Å². The predicted octanol–water partition coefficient (Wildman–Crippen LogP) is 3.46. The number of hydrogen-bond acceptors (Lipinski definition) is 2. The molecule has 4 heteroatoms. The van der Waals surface area contributed by atoms with Crippen molar-refractivity contribution in [3.63, 3.8) is 0 Å². The highest BCUT2D eigenvalue weighted by atomic mass is 16.4. The van der Waals surface area contributed by atoms with Crippen molar-refractivity contribution in [2.75, 3.05) is 13.1 Å². The molecule has 23 heavy (non-hydrogen) atoms. The number of amides is 1. The van der Waals surface area contributed by atoms with E-state index in [4.69, 9.17) is 5.11 Å². The van der Waals surface area contributed by atoms with Crippen molar-refractivity contribution in [3.05, 3.63) is 35.4 Å². The van der Waals surface area contributed by atoms with Gasteiger partial charge in [0.2, 0.25) is 5.91 Å². The quantitative estimate of drug-likeness (QED) is 0.874. The molecule has 0 aromatic heterocycles. The van der Waals surface area contributed by atoms with Crippen molar-refractivity contribution >= 4 is 11.9 Å². The molecule has 1 fully saturated rings. The second-order valence-corrected chi connectivity index (χ2v) is 6.82. The highest BCUT2D eigenvalue weighted by Gasteiger charge is 2.23. The summed E-state index contributed by atoms with van der Waals surface area (Å²) in [5, 5.41) is 8.82. The number of aryl methyl sites for hydroxylation is 1. The van der Waals surface area contributed by atoms with Crippen LogP contribution in [0.5, 0.6) is 0 Å². The van der Waals surface area contributed by atoms with Crippen LogP contribution in [0.1, 0.15) is 56.6 Å². The van der Waals surface area contributed by atoms with Gasteiger partial charge in [0.25, 0.3) is 0 Å². The minimum Gasteiger partial charge on any atom is -0.481 e. The third kappa shape index (κ3) is 5.38. The third-order valence-electron chi connectivity index (χ3n) is 4.70. The van der Waals surface area contributed by atoms with Crippen molar-refractivity contribution in [2.45, 2.75) is 51.9 Å². The molecule has 2 rings (SSSR count). The fourth-order valence-electron chi connectivity index (χ4n) is 3.11. The molecular formula is C19H27NO3. The van der Waals surface area contributed by atoms with E-state index in [2.05, 4.69) is 38.1 Å². The van der Waals surface area contributed by atoms with Gasteiger partial charge in [0.05, 0.1) is 0 Å². The first-order valence-corrected chi connectivity index (χ1v) is 8.54. The van der Waals surface area contributed by atoms with Crippen LogP contribution in [0.25, 0.3) is 0 Å². The van der Waals surface area contributed by atoms with Crippen LogP contribution < -0.4 is 0 Å². The first-order chi connectivity index (χ1) is 11.0. The van der Waals surface area contributed by atoms with Gasteiger partial charge in [-0.2, -0.15) is 0 Å². The first kappa shape index (κ1) is 17.5. The summed E-state index contributed by atoms with van der Waals surface area (Å²) in [4.78, 5) is 24.9. The lowest BCUT2D eigenvalue weighted by molar-refractivity contribution is -0.138.